The van der Waals surface area contributed by atoms with E-state index in [1.54, 1.807) is 18.2 Å². The van der Waals surface area contributed by atoms with E-state index in [-0.39, 0.29) is 5.91 Å². The van der Waals surface area contributed by atoms with Gasteiger partial charge in [-0.05, 0) is 37.3 Å². The molecule has 24 heavy (non-hydrogen) atoms. The van der Waals surface area contributed by atoms with E-state index >= 15 is 0 Å². The topological polar surface area (TPSA) is 56.1 Å². The lowest BCUT2D eigenvalue weighted by Gasteiger charge is -2.11. The van der Waals surface area contributed by atoms with Crippen molar-refractivity contribution in [2.24, 2.45) is 0 Å². The molecule has 0 aliphatic carbocycles. The average Bonchev–Trinajstić information content (AvgIpc) is 2.90. The summed E-state index contributed by atoms with van der Waals surface area (Å²) in [6.07, 6.45) is 0. The van der Waals surface area contributed by atoms with Crippen LogP contribution in [-0.2, 0) is 6.54 Å². The predicted molar refractivity (Wildman–Crippen MR) is 94.8 cm³/mol. The summed E-state index contributed by atoms with van der Waals surface area (Å²) in [5.74, 6) is 1.21. The van der Waals surface area contributed by atoms with E-state index in [1.807, 2.05) is 31.2 Å². The fraction of sp³-hybridized carbons (Fsp3) is 0.222. The number of methoxy groups -OCH3 is 1. The Morgan fingerprint density at radius 1 is 1.29 bits per heavy atom. The number of benzene rings is 2. The van der Waals surface area contributed by atoms with Gasteiger partial charge >= 0.3 is 0 Å². The number of hydrogen-bond donors (Lipinski definition) is 1. The van der Waals surface area contributed by atoms with Crippen LogP contribution in [0.2, 0.25) is 5.02 Å². The van der Waals surface area contributed by atoms with Gasteiger partial charge in [0.1, 0.15) is 11.6 Å². The number of rotatable bonds is 5. The average molecular weight is 344 g/mol. The second kappa shape index (κ2) is 6.93. The summed E-state index contributed by atoms with van der Waals surface area (Å²) in [5.41, 5.74) is 2.44. The molecule has 0 saturated heterocycles. The molecule has 1 aromatic heterocycles. The van der Waals surface area contributed by atoms with Crippen LogP contribution in [0.1, 0.15) is 16.2 Å². The van der Waals surface area contributed by atoms with Crippen molar-refractivity contribution in [3.05, 3.63) is 58.9 Å². The van der Waals surface area contributed by atoms with Crippen molar-refractivity contribution < 1.29 is 9.53 Å². The molecule has 0 atom stereocenters. The Labute approximate surface area is 145 Å². The van der Waals surface area contributed by atoms with Gasteiger partial charge in [-0.25, -0.2) is 4.98 Å². The van der Waals surface area contributed by atoms with Crippen molar-refractivity contribution in [2.45, 2.75) is 13.5 Å². The van der Waals surface area contributed by atoms with Crippen molar-refractivity contribution in [1.29, 1.82) is 0 Å². The van der Waals surface area contributed by atoms with Gasteiger partial charge in [0.15, 0.2) is 0 Å². The van der Waals surface area contributed by atoms with Crippen LogP contribution < -0.4 is 10.1 Å². The van der Waals surface area contributed by atoms with Gasteiger partial charge in [-0.15, -0.1) is 0 Å². The first-order valence-corrected chi connectivity index (χ1v) is 8.01. The number of fused-ring (bicyclic) bond motifs is 1. The number of aryl methyl sites for hydroxylation is 1. The number of ether oxygens (including phenoxy) is 1. The van der Waals surface area contributed by atoms with Crippen LogP contribution in [0, 0.1) is 6.92 Å². The highest BCUT2D eigenvalue weighted by atomic mass is 35.5. The lowest BCUT2D eigenvalue weighted by Crippen LogP contribution is -2.27. The molecule has 0 spiro atoms. The number of carbonyl (C=O) groups is 1. The second-order valence-electron chi connectivity index (χ2n) is 5.40. The van der Waals surface area contributed by atoms with E-state index in [2.05, 4.69) is 14.9 Å². The molecule has 1 N–H and O–H groups in total. The van der Waals surface area contributed by atoms with E-state index in [1.165, 1.54) is 7.11 Å². The van der Waals surface area contributed by atoms with Gasteiger partial charge in [0.25, 0.3) is 5.91 Å². The smallest absolute Gasteiger partial charge is 0.255 e. The SMILES string of the molecule is COc1ccc(Cl)cc1C(=O)NCCn1c(C)nc2ccccc21. The van der Waals surface area contributed by atoms with E-state index < -0.39 is 0 Å². The molecular formula is C18H18ClN3O2. The molecule has 0 aliphatic heterocycles. The normalized spacial score (nSPS) is 10.8. The van der Waals surface area contributed by atoms with Crippen molar-refractivity contribution >= 4 is 28.5 Å². The Kier molecular flexibility index (Phi) is 4.71. The first-order chi connectivity index (χ1) is 11.6. The minimum atomic E-state index is -0.212. The van der Waals surface area contributed by atoms with Gasteiger partial charge in [-0.2, -0.15) is 0 Å². The standard InChI is InChI=1S/C18H18ClN3O2/c1-12-21-15-5-3-4-6-16(15)22(12)10-9-20-18(23)14-11-13(19)7-8-17(14)24-2/h3-8,11H,9-10H2,1-2H3,(H,20,23). The number of imidazole rings is 1. The monoisotopic (exact) mass is 343 g/mol. The molecule has 0 unspecified atom stereocenters. The molecule has 1 heterocycles. The van der Waals surface area contributed by atoms with Crippen molar-refractivity contribution in [3.63, 3.8) is 0 Å². The molecule has 0 aliphatic rings. The van der Waals surface area contributed by atoms with Gasteiger partial charge in [0.05, 0.1) is 23.7 Å². The first-order valence-electron chi connectivity index (χ1n) is 7.64. The molecule has 5 nitrogen and oxygen atoms in total. The summed E-state index contributed by atoms with van der Waals surface area (Å²) in [4.78, 5) is 16.9. The van der Waals surface area contributed by atoms with Crippen LogP contribution in [0.4, 0.5) is 0 Å². The highest BCUT2D eigenvalue weighted by Crippen LogP contribution is 2.22. The Bertz CT molecular complexity index is 889. The highest BCUT2D eigenvalue weighted by molar-refractivity contribution is 6.31. The molecule has 1 amide bonds. The summed E-state index contributed by atoms with van der Waals surface area (Å²) in [6, 6.07) is 12.9. The molecule has 2 aromatic carbocycles. The lowest BCUT2D eigenvalue weighted by molar-refractivity contribution is 0.0949. The van der Waals surface area contributed by atoms with Gasteiger partial charge < -0.3 is 14.6 Å². The Morgan fingerprint density at radius 3 is 2.88 bits per heavy atom. The minimum absolute atomic E-state index is 0.212. The zero-order chi connectivity index (χ0) is 17.1. The highest BCUT2D eigenvalue weighted by Gasteiger charge is 2.13. The largest absolute Gasteiger partial charge is 0.496 e. The van der Waals surface area contributed by atoms with Crippen LogP contribution in [0.5, 0.6) is 5.75 Å². The van der Waals surface area contributed by atoms with Crippen molar-refractivity contribution in [1.82, 2.24) is 14.9 Å². The van der Waals surface area contributed by atoms with Crippen LogP contribution in [0.3, 0.4) is 0 Å². The summed E-state index contributed by atoms with van der Waals surface area (Å²) >= 11 is 5.97. The number of para-hydroxylation sites is 2. The molecular weight excluding hydrogens is 326 g/mol. The number of carbonyl (C=O) groups excluding carboxylic acids is 1. The zero-order valence-corrected chi connectivity index (χ0v) is 14.3. The van der Waals surface area contributed by atoms with Crippen LogP contribution in [0.25, 0.3) is 11.0 Å². The third-order valence-corrected chi connectivity index (χ3v) is 4.11. The van der Waals surface area contributed by atoms with Crippen molar-refractivity contribution in [2.75, 3.05) is 13.7 Å². The molecule has 0 fully saturated rings. The Morgan fingerprint density at radius 2 is 2.08 bits per heavy atom. The van der Waals surface area contributed by atoms with Crippen LogP contribution in [-0.4, -0.2) is 29.1 Å². The van der Waals surface area contributed by atoms with Gasteiger partial charge in [0, 0.05) is 18.1 Å². The third kappa shape index (κ3) is 3.21. The number of hydrogen-bond acceptors (Lipinski definition) is 3. The van der Waals surface area contributed by atoms with E-state index in [0.29, 0.717) is 29.4 Å². The summed E-state index contributed by atoms with van der Waals surface area (Å²) in [6.45, 7) is 3.08. The number of nitrogens with zero attached hydrogens (tertiary/aromatic N) is 2. The van der Waals surface area contributed by atoms with Gasteiger partial charge in [-0.3, -0.25) is 4.79 Å². The number of aromatic nitrogens is 2. The van der Waals surface area contributed by atoms with Crippen LogP contribution in [0.15, 0.2) is 42.5 Å². The van der Waals surface area contributed by atoms with Crippen molar-refractivity contribution in [3.8, 4) is 5.75 Å². The maximum Gasteiger partial charge on any atom is 0.255 e. The first kappa shape index (κ1) is 16.3. The number of nitrogens with one attached hydrogen (secondary N) is 1. The Balaban J connectivity index is 1.71. The van der Waals surface area contributed by atoms with E-state index in [4.69, 9.17) is 16.3 Å². The van der Waals surface area contributed by atoms with Gasteiger partial charge in [0.2, 0.25) is 0 Å². The second-order valence-corrected chi connectivity index (χ2v) is 5.84. The molecule has 0 bridgehead atoms. The summed E-state index contributed by atoms with van der Waals surface area (Å²) < 4.78 is 7.30. The minimum Gasteiger partial charge on any atom is -0.496 e. The summed E-state index contributed by atoms with van der Waals surface area (Å²) in [5, 5.41) is 3.40. The van der Waals surface area contributed by atoms with Crippen LogP contribution >= 0.6 is 11.6 Å². The molecule has 3 rings (SSSR count). The molecule has 124 valence electrons. The summed E-state index contributed by atoms with van der Waals surface area (Å²) in [7, 11) is 1.53. The molecule has 0 radical (unpaired) electrons. The zero-order valence-electron chi connectivity index (χ0n) is 13.5. The van der Waals surface area contributed by atoms with E-state index in [0.717, 1.165) is 16.9 Å². The predicted octanol–water partition coefficient (Wildman–Crippen LogP) is 3.44. The quantitative estimate of drug-likeness (QED) is 0.772. The number of halogens is 1. The fourth-order valence-corrected chi connectivity index (χ4v) is 2.88. The number of amides is 1. The third-order valence-electron chi connectivity index (χ3n) is 3.87. The molecule has 6 heteroatoms. The fourth-order valence-electron chi connectivity index (χ4n) is 2.71. The lowest BCUT2D eigenvalue weighted by atomic mass is 10.2. The van der Waals surface area contributed by atoms with E-state index in [9.17, 15) is 4.79 Å². The molecule has 3 aromatic rings. The Hall–Kier alpha value is -2.53. The maximum absolute atomic E-state index is 12.4. The maximum atomic E-state index is 12.4. The van der Waals surface area contributed by atoms with Gasteiger partial charge in [-0.1, -0.05) is 23.7 Å². The molecule has 0 saturated carbocycles.